The first-order valence-electron chi connectivity index (χ1n) is 4.84. The molecular formula is C11H11F2NO. The zero-order valence-electron chi connectivity index (χ0n) is 8.09. The molecule has 4 heteroatoms. The summed E-state index contributed by atoms with van der Waals surface area (Å²) in [4.78, 5) is 11.5. The predicted octanol–water partition coefficient (Wildman–Crippen LogP) is 1.30. The molecule has 1 aromatic rings. The third kappa shape index (κ3) is 2.21. The number of hydrogen-bond acceptors (Lipinski definition) is 2. The molecule has 2 rings (SSSR count). The quantitative estimate of drug-likeness (QED) is 0.816. The van der Waals surface area contributed by atoms with E-state index in [2.05, 4.69) is 5.32 Å². The zero-order chi connectivity index (χ0) is 10.8. The molecule has 0 aliphatic carbocycles. The number of benzene rings is 1. The summed E-state index contributed by atoms with van der Waals surface area (Å²) >= 11 is 0. The van der Waals surface area contributed by atoms with Crippen molar-refractivity contribution in [3.8, 4) is 0 Å². The van der Waals surface area contributed by atoms with E-state index in [1.165, 1.54) is 12.1 Å². The maximum absolute atomic E-state index is 13.2. The second kappa shape index (κ2) is 4.06. The van der Waals surface area contributed by atoms with Crippen LogP contribution in [-0.4, -0.2) is 18.9 Å². The average Bonchev–Trinajstić information content (AvgIpc) is 2.07. The van der Waals surface area contributed by atoms with Crippen molar-refractivity contribution in [3.05, 3.63) is 35.4 Å². The lowest BCUT2D eigenvalue weighted by Crippen LogP contribution is -2.47. The fourth-order valence-electron chi connectivity index (χ4n) is 1.51. The van der Waals surface area contributed by atoms with Crippen LogP contribution in [0.5, 0.6) is 0 Å². The molecule has 1 saturated heterocycles. The van der Waals surface area contributed by atoms with Crippen molar-refractivity contribution in [2.45, 2.75) is 6.42 Å². The first kappa shape index (κ1) is 10.2. The van der Waals surface area contributed by atoms with Gasteiger partial charge >= 0.3 is 0 Å². The van der Waals surface area contributed by atoms with Crippen molar-refractivity contribution in [2.75, 3.05) is 13.1 Å². The molecule has 1 aliphatic rings. The molecule has 0 amide bonds. The van der Waals surface area contributed by atoms with E-state index in [4.69, 9.17) is 0 Å². The lowest BCUT2D eigenvalue weighted by atomic mass is 9.93. The van der Waals surface area contributed by atoms with Gasteiger partial charge in [-0.2, -0.15) is 0 Å². The van der Waals surface area contributed by atoms with Gasteiger partial charge in [0.25, 0.3) is 0 Å². The van der Waals surface area contributed by atoms with E-state index in [1.54, 1.807) is 0 Å². The summed E-state index contributed by atoms with van der Waals surface area (Å²) in [5.74, 6) is -1.25. The molecule has 2 nitrogen and oxygen atoms in total. The first-order chi connectivity index (χ1) is 7.16. The van der Waals surface area contributed by atoms with Gasteiger partial charge in [-0.25, -0.2) is 8.78 Å². The summed E-state index contributed by atoms with van der Waals surface area (Å²) < 4.78 is 25.8. The molecule has 1 aromatic carbocycles. The normalized spacial score (nSPS) is 16.1. The van der Waals surface area contributed by atoms with Gasteiger partial charge in [0.05, 0.1) is 0 Å². The van der Waals surface area contributed by atoms with Gasteiger partial charge in [-0.3, -0.25) is 4.79 Å². The zero-order valence-corrected chi connectivity index (χ0v) is 8.09. The predicted molar refractivity (Wildman–Crippen MR) is 51.4 cm³/mol. The molecule has 1 heterocycles. The maximum Gasteiger partial charge on any atom is 0.142 e. The highest BCUT2D eigenvalue weighted by Gasteiger charge is 2.25. The molecule has 0 atom stereocenters. The molecule has 0 bridgehead atoms. The lowest BCUT2D eigenvalue weighted by Gasteiger charge is -2.25. The van der Waals surface area contributed by atoms with Gasteiger partial charge in [-0.05, 0) is 11.6 Å². The number of rotatable bonds is 3. The molecule has 80 valence electrons. The molecular weight excluding hydrogens is 200 g/mol. The smallest absolute Gasteiger partial charge is 0.142 e. The molecule has 0 radical (unpaired) electrons. The standard InChI is InChI=1S/C11H11F2NO/c12-9-2-1-7(10(13)4-9)3-11(15)8-5-14-6-8/h1-2,4,8,14H,3,5-6H2. The summed E-state index contributed by atoms with van der Waals surface area (Å²) in [6.45, 7) is 1.34. The highest BCUT2D eigenvalue weighted by atomic mass is 19.1. The van der Waals surface area contributed by atoms with Crippen LogP contribution in [-0.2, 0) is 11.2 Å². The van der Waals surface area contributed by atoms with Crippen molar-refractivity contribution in [2.24, 2.45) is 5.92 Å². The van der Waals surface area contributed by atoms with Gasteiger partial charge in [0.1, 0.15) is 17.4 Å². The van der Waals surface area contributed by atoms with E-state index in [9.17, 15) is 13.6 Å². The van der Waals surface area contributed by atoms with Crippen molar-refractivity contribution in [1.29, 1.82) is 0 Å². The highest BCUT2D eigenvalue weighted by molar-refractivity contribution is 5.84. The largest absolute Gasteiger partial charge is 0.315 e. The van der Waals surface area contributed by atoms with Crippen LogP contribution in [0.4, 0.5) is 8.78 Å². The van der Waals surface area contributed by atoms with Gasteiger partial charge in [-0.15, -0.1) is 0 Å². The van der Waals surface area contributed by atoms with E-state index < -0.39 is 11.6 Å². The topological polar surface area (TPSA) is 29.1 Å². The third-order valence-corrected chi connectivity index (χ3v) is 2.62. The van der Waals surface area contributed by atoms with Crippen LogP contribution < -0.4 is 5.32 Å². The lowest BCUT2D eigenvalue weighted by molar-refractivity contribution is -0.123. The van der Waals surface area contributed by atoms with Gasteiger partial charge < -0.3 is 5.32 Å². The summed E-state index contributed by atoms with van der Waals surface area (Å²) in [5.41, 5.74) is 0.272. The second-order valence-corrected chi connectivity index (χ2v) is 3.73. The van der Waals surface area contributed by atoms with Crippen LogP contribution in [0.15, 0.2) is 18.2 Å². The molecule has 0 spiro atoms. The number of hydrogen-bond donors (Lipinski definition) is 1. The van der Waals surface area contributed by atoms with Gasteiger partial charge in [0.2, 0.25) is 0 Å². The van der Waals surface area contributed by atoms with Crippen molar-refractivity contribution in [1.82, 2.24) is 5.32 Å². The maximum atomic E-state index is 13.2. The fraction of sp³-hybridized carbons (Fsp3) is 0.364. The Bertz CT molecular complexity index is 388. The number of nitrogens with one attached hydrogen (secondary N) is 1. The SMILES string of the molecule is O=C(Cc1ccc(F)cc1F)C1CNC1. The Morgan fingerprint density at radius 3 is 2.67 bits per heavy atom. The Morgan fingerprint density at radius 1 is 1.40 bits per heavy atom. The molecule has 1 fully saturated rings. The van der Waals surface area contributed by atoms with Crippen molar-refractivity contribution < 1.29 is 13.6 Å². The Labute approximate surface area is 86.3 Å². The van der Waals surface area contributed by atoms with Crippen LogP contribution in [0.2, 0.25) is 0 Å². The molecule has 15 heavy (non-hydrogen) atoms. The Kier molecular flexibility index (Phi) is 2.77. The van der Waals surface area contributed by atoms with Gasteiger partial charge in [-0.1, -0.05) is 6.07 Å². The highest BCUT2D eigenvalue weighted by Crippen LogP contribution is 2.14. The van der Waals surface area contributed by atoms with Gasteiger partial charge in [0.15, 0.2) is 0 Å². The number of carbonyl (C=O) groups is 1. The van der Waals surface area contributed by atoms with E-state index in [0.717, 1.165) is 6.07 Å². The Balaban J connectivity index is 2.06. The van der Waals surface area contributed by atoms with Crippen molar-refractivity contribution >= 4 is 5.78 Å². The number of Topliss-reactive ketones (excluding diaryl/α,β-unsaturated/α-hetero) is 1. The second-order valence-electron chi connectivity index (χ2n) is 3.73. The van der Waals surface area contributed by atoms with Crippen molar-refractivity contribution in [3.63, 3.8) is 0 Å². The Morgan fingerprint density at radius 2 is 2.13 bits per heavy atom. The number of ketones is 1. The fourth-order valence-corrected chi connectivity index (χ4v) is 1.51. The van der Waals surface area contributed by atoms with Crippen LogP contribution in [0.3, 0.4) is 0 Å². The van der Waals surface area contributed by atoms with Gasteiger partial charge in [0, 0.05) is 31.5 Å². The van der Waals surface area contributed by atoms with Crippen LogP contribution in [0, 0.1) is 17.6 Å². The summed E-state index contributed by atoms with van der Waals surface area (Å²) in [6, 6.07) is 3.31. The minimum absolute atomic E-state index is 0.00514. The molecule has 1 N–H and O–H groups in total. The molecule has 0 unspecified atom stereocenters. The first-order valence-corrected chi connectivity index (χ1v) is 4.84. The number of carbonyl (C=O) groups excluding carboxylic acids is 1. The average molecular weight is 211 g/mol. The number of halogens is 2. The minimum atomic E-state index is -0.643. The molecule has 1 aliphatic heterocycles. The summed E-state index contributed by atoms with van der Waals surface area (Å²) in [5, 5.41) is 2.98. The van der Waals surface area contributed by atoms with Crippen LogP contribution in [0.25, 0.3) is 0 Å². The molecule has 0 aromatic heterocycles. The van der Waals surface area contributed by atoms with E-state index >= 15 is 0 Å². The van der Waals surface area contributed by atoms with Crippen LogP contribution in [0.1, 0.15) is 5.56 Å². The summed E-state index contributed by atoms with van der Waals surface area (Å²) in [6.07, 6.45) is 0.0540. The Hall–Kier alpha value is -1.29. The molecule has 0 saturated carbocycles. The van der Waals surface area contributed by atoms with E-state index in [1.807, 2.05) is 0 Å². The third-order valence-electron chi connectivity index (χ3n) is 2.62. The minimum Gasteiger partial charge on any atom is -0.315 e. The van der Waals surface area contributed by atoms with E-state index in [0.29, 0.717) is 13.1 Å². The summed E-state index contributed by atoms with van der Waals surface area (Å²) in [7, 11) is 0. The monoisotopic (exact) mass is 211 g/mol. The van der Waals surface area contributed by atoms with E-state index in [-0.39, 0.29) is 23.7 Å². The van der Waals surface area contributed by atoms with Crippen LogP contribution >= 0.6 is 0 Å².